The molecule has 6 nitrogen and oxygen atoms in total. The van der Waals surface area contributed by atoms with Crippen molar-refractivity contribution in [2.45, 2.75) is 25.2 Å². The maximum absolute atomic E-state index is 12.7. The van der Waals surface area contributed by atoms with Gasteiger partial charge in [-0.25, -0.2) is 4.98 Å². The number of aromatic nitrogens is 1. The van der Waals surface area contributed by atoms with E-state index in [1.165, 1.54) is 11.3 Å². The van der Waals surface area contributed by atoms with Crippen LogP contribution in [0.25, 0.3) is 10.2 Å². The second kappa shape index (κ2) is 7.48. The minimum Gasteiger partial charge on any atom is -0.397 e. The highest BCUT2D eigenvalue weighted by Crippen LogP contribution is 2.38. The lowest BCUT2D eigenvalue weighted by molar-refractivity contribution is 0.0673. The molecule has 2 aromatic heterocycles. The molecule has 0 saturated carbocycles. The molecule has 1 aliphatic heterocycles. The Morgan fingerprint density at radius 2 is 1.83 bits per heavy atom. The molecule has 1 fully saturated rings. The smallest absolute Gasteiger partial charge is 0.263 e. The standard InChI is InChI=1S/C22H24N4O2S/c1-22(10-12-26(13-11-22)21(28)14-6-4-3-5-7-14)16-9-8-15-17(23)18(19(27)24-2)29-20(15)25-16/h3-9H,10-13,23H2,1-2H3,(H,24,27). The van der Waals surface area contributed by atoms with Crippen LogP contribution in [-0.4, -0.2) is 41.8 Å². The van der Waals surface area contributed by atoms with Crippen LogP contribution in [0, 0.1) is 0 Å². The average Bonchev–Trinajstić information content (AvgIpc) is 3.10. The zero-order valence-electron chi connectivity index (χ0n) is 16.6. The Labute approximate surface area is 173 Å². The maximum Gasteiger partial charge on any atom is 0.263 e. The predicted octanol–water partition coefficient (Wildman–Crippen LogP) is 3.43. The van der Waals surface area contributed by atoms with Gasteiger partial charge in [-0.1, -0.05) is 25.1 Å². The van der Waals surface area contributed by atoms with Gasteiger partial charge in [0.1, 0.15) is 9.71 Å². The molecule has 0 aliphatic carbocycles. The molecule has 0 unspecified atom stereocenters. The molecule has 0 bridgehead atoms. The molecule has 2 amide bonds. The summed E-state index contributed by atoms with van der Waals surface area (Å²) in [5.41, 5.74) is 8.23. The van der Waals surface area contributed by atoms with Crippen LogP contribution in [0.1, 0.15) is 45.5 Å². The molecule has 1 aliphatic rings. The minimum absolute atomic E-state index is 0.0808. The first-order valence-corrected chi connectivity index (χ1v) is 10.5. The number of nitrogen functional groups attached to an aromatic ring is 1. The van der Waals surface area contributed by atoms with Crippen LogP contribution in [0.2, 0.25) is 0 Å². The van der Waals surface area contributed by atoms with Crippen LogP contribution >= 0.6 is 11.3 Å². The van der Waals surface area contributed by atoms with Gasteiger partial charge in [0.25, 0.3) is 11.8 Å². The van der Waals surface area contributed by atoms with Crippen LogP contribution in [0.3, 0.4) is 0 Å². The number of pyridine rings is 1. The van der Waals surface area contributed by atoms with Gasteiger partial charge in [-0.3, -0.25) is 9.59 Å². The number of hydrogen-bond acceptors (Lipinski definition) is 5. The quantitative estimate of drug-likeness (QED) is 0.695. The van der Waals surface area contributed by atoms with Crippen LogP contribution in [0.15, 0.2) is 42.5 Å². The summed E-state index contributed by atoms with van der Waals surface area (Å²) in [6.07, 6.45) is 1.68. The van der Waals surface area contributed by atoms with Crippen LogP contribution < -0.4 is 11.1 Å². The van der Waals surface area contributed by atoms with E-state index in [1.807, 2.05) is 47.4 Å². The highest BCUT2D eigenvalue weighted by Gasteiger charge is 2.35. The van der Waals surface area contributed by atoms with Crippen molar-refractivity contribution in [1.29, 1.82) is 0 Å². The molecule has 0 spiro atoms. The number of carbonyl (C=O) groups is 2. The summed E-state index contributed by atoms with van der Waals surface area (Å²) in [7, 11) is 1.59. The number of rotatable bonds is 3. The molecule has 1 saturated heterocycles. The molecule has 4 rings (SSSR count). The SMILES string of the molecule is CNC(=O)c1sc2nc(C3(C)CCN(C(=O)c4ccccc4)CC3)ccc2c1N. The van der Waals surface area contributed by atoms with Crippen molar-refractivity contribution in [2.75, 3.05) is 25.9 Å². The number of hydrogen-bond donors (Lipinski definition) is 2. The maximum atomic E-state index is 12.7. The highest BCUT2D eigenvalue weighted by molar-refractivity contribution is 7.21. The molecule has 0 radical (unpaired) electrons. The number of nitrogens with one attached hydrogen (secondary N) is 1. The Bertz CT molecular complexity index is 1070. The number of likely N-dealkylation sites (tertiary alicyclic amines) is 1. The van der Waals surface area contributed by atoms with Crippen molar-refractivity contribution >= 4 is 39.1 Å². The summed E-state index contributed by atoms with van der Waals surface area (Å²) < 4.78 is 0. The lowest BCUT2D eigenvalue weighted by Gasteiger charge is -2.39. The van der Waals surface area contributed by atoms with E-state index in [0.29, 0.717) is 23.7 Å². The first kappa shape index (κ1) is 19.4. The van der Waals surface area contributed by atoms with Gasteiger partial charge < -0.3 is 16.0 Å². The molecule has 3 N–H and O–H groups in total. The van der Waals surface area contributed by atoms with Gasteiger partial charge in [-0.15, -0.1) is 11.3 Å². The molecule has 150 valence electrons. The third kappa shape index (κ3) is 3.46. The van der Waals surface area contributed by atoms with Gasteiger partial charge >= 0.3 is 0 Å². The summed E-state index contributed by atoms with van der Waals surface area (Å²) in [4.78, 5) is 32.8. The number of anilines is 1. The number of amides is 2. The number of piperidine rings is 1. The molecule has 29 heavy (non-hydrogen) atoms. The Hall–Kier alpha value is -2.93. The summed E-state index contributed by atoms with van der Waals surface area (Å²) in [5, 5.41) is 3.44. The fourth-order valence-electron chi connectivity index (χ4n) is 3.84. The molecule has 7 heteroatoms. The lowest BCUT2D eigenvalue weighted by Crippen LogP contribution is -2.44. The first-order chi connectivity index (χ1) is 13.9. The van der Waals surface area contributed by atoms with Crippen molar-refractivity contribution in [2.24, 2.45) is 0 Å². The van der Waals surface area contributed by atoms with E-state index < -0.39 is 0 Å². The summed E-state index contributed by atoms with van der Waals surface area (Å²) in [6, 6.07) is 13.4. The number of nitrogens with zero attached hydrogens (tertiary/aromatic N) is 2. The molecule has 3 aromatic rings. The summed E-state index contributed by atoms with van der Waals surface area (Å²) >= 11 is 1.32. The molecule has 1 aromatic carbocycles. The topological polar surface area (TPSA) is 88.3 Å². The van der Waals surface area contributed by atoms with Gasteiger partial charge in [0.2, 0.25) is 0 Å². The largest absolute Gasteiger partial charge is 0.397 e. The fourth-order valence-corrected chi connectivity index (χ4v) is 4.88. The van der Waals surface area contributed by atoms with E-state index in [4.69, 9.17) is 10.7 Å². The Morgan fingerprint density at radius 3 is 2.48 bits per heavy atom. The zero-order chi connectivity index (χ0) is 20.6. The van der Waals surface area contributed by atoms with Gasteiger partial charge in [0.15, 0.2) is 0 Å². The van der Waals surface area contributed by atoms with Crippen LogP contribution in [0.4, 0.5) is 5.69 Å². The van der Waals surface area contributed by atoms with Crippen molar-refractivity contribution in [3.05, 3.63) is 58.6 Å². The first-order valence-electron chi connectivity index (χ1n) is 9.69. The van der Waals surface area contributed by atoms with Gasteiger partial charge in [-0.2, -0.15) is 0 Å². The fraction of sp³-hybridized carbons (Fsp3) is 0.318. The Balaban J connectivity index is 1.55. The van der Waals surface area contributed by atoms with E-state index in [9.17, 15) is 9.59 Å². The third-order valence-corrected chi connectivity index (χ3v) is 6.93. The van der Waals surface area contributed by atoms with Crippen molar-refractivity contribution in [3.8, 4) is 0 Å². The van der Waals surface area contributed by atoms with Gasteiger partial charge in [-0.05, 0) is 37.1 Å². The number of benzene rings is 1. The van der Waals surface area contributed by atoms with E-state index in [2.05, 4.69) is 12.2 Å². The highest BCUT2D eigenvalue weighted by atomic mass is 32.1. The van der Waals surface area contributed by atoms with Gasteiger partial charge in [0, 0.05) is 42.2 Å². The number of fused-ring (bicyclic) bond motifs is 1. The van der Waals surface area contributed by atoms with Gasteiger partial charge in [0.05, 0.1) is 5.69 Å². The lowest BCUT2D eigenvalue weighted by atomic mass is 9.77. The molecular weight excluding hydrogens is 384 g/mol. The van der Waals surface area contributed by atoms with Crippen LogP contribution in [-0.2, 0) is 5.41 Å². The number of carbonyl (C=O) groups excluding carboxylic acids is 2. The van der Waals surface area contributed by atoms with Crippen molar-refractivity contribution in [1.82, 2.24) is 15.2 Å². The Morgan fingerprint density at radius 1 is 1.14 bits per heavy atom. The zero-order valence-corrected chi connectivity index (χ0v) is 17.4. The monoisotopic (exact) mass is 408 g/mol. The molecular formula is C22H24N4O2S. The Kier molecular flexibility index (Phi) is 5.00. The molecule has 0 atom stereocenters. The minimum atomic E-state index is -0.189. The average molecular weight is 409 g/mol. The van der Waals surface area contributed by atoms with E-state index >= 15 is 0 Å². The normalized spacial score (nSPS) is 16.0. The predicted molar refractivity (Wildman–Crippen MR) is 116 cm³/mol. The molecule has 3 heterocycles. The van der Waals surface area contributed by atoms with E-state index in [1.54, 1.807) is 7.05 Å². The van der Waals surface area contributed by atoms with E-state index in [0.717, 1.165) is 34.3 Å². The second-order valence-corrected chi connectivity index (χ2v) is 8.69. The summed E-state index contributed by atoms with van der Waals surface area (Å²) in [6.45, 7) is 3.59. The number of nitrogens with two attached hydrogens (primary N) is 1. The van der Waals surface area contributed by atoms with Crippen LogP contribution in [0.5, 0.6) is 0 Å². The summed E-state index contributed by atoms with van der Waals surface area (Å²) in [5.74, 6) is -0.108. The van der Waals surface area contributed by atoms with Crippen molar-refractivity contribution < 1.29 is 9.59 Å². The van der Waals surface area contributed by atoms with E-state index in [-0.39, 0.29) is 17.2 Å². The second-order valence-electron chi connectivity index (χ2n) is 7.69. The third-order valence-electron chi connectivity index (χ3n) is 5.82. The van der Waals surface area contributed by atoms with Crippen molar-refractivity contribution in [3.63, 3.8) is 0 Å². The number of thiophene rings is 1.